The highest BCUT2D eigenvalue weighted by Crippen LogP contribution is 2.22. The standard InChI is InChI=1S/C20H30N2O5/c1-4-22(15-9-6-5-7-10-15)17(23)13-27-20(25)18(14(2)3)21-19(24)16-11-8-12-26-16/h8,11-12,14-15,18H,4-7,9-10,13H2,1-3H3,(H,21,24)/t18-/m0/s1. The molecule has 2 rings (SSSR count). The van der Waals surface area contributed by atoms with Crippen molar-refractivity contribution in [2.75, 3.05) is 13.2 Å². The summed E-state index contributed by atoms with van der Waals surface area (Å²) in [5, 5.41) is 2.62. The van der Waals surface area contributed by atoms with E-state index >= 15 is 0 Å². The minimum Gasteiger partial charge on any atom is -0.459 e. The van der Waals surface area contributed by atoms with Crippen molar-refractivity contribution >= 4 is 17.8 Å². The minimum absolute atomic E-state index is 0.124. The second-order valence-corrected chi connectivity index (χ2v) is 7.25. The van der Waals surface area contributed by atoms with Crippen LogP contribution in [0.3, 0.4) is 0 Å². The Balaban J connectivity index is 1.90. The van der Waals surface area contributed by atoms with Gasteiger partial charge in [0, 0.05) is 12.6 Å². The molecule has 1 fully saturated rings. The van der Waals surface area contributed by atoms with Crippen molar-refractivity contribution in [3.8, 4) is 0 Å². The SMILES string of the molecule is CCN(C(=O)COC(=O)[C@@H](NC(=O)c1ccco1)C(C)C)C1CCCCC1. The molecule has 0 aromatic carbocycles. The van der Waals surface area contributed by atoms with E-state index in [1.54, 1.807) is 24.8 Å². The molecule has 0 aliphatic heterocycles. The molecule has 0 saturated heterocycles. The van der Waals surface area contributed by atoms with Crippen molar-refractivity contribution < 1.29 is 23.5 Å². The number of hydrogen-bond acceptors (Lipinski definition) is 5. The molecule has 1 aromatic rings. The van der Waals surface area contributed by atoms with Crippen LogP contribution in [0.5, 0.6) is 0 Å². The van der Waals surface area contributed by atoms with Crippen molar-refractivity contribution in [1.29, 1.82) is 0 Å². The molecule has 0 bridgehead atoms. The van der Waals surface area contributed by atoms with E-state index in [2.05, 4.69) is 5.32 Å². The van der Waals surface area contributed by atoms with Crippen LogP contribution in [0.15, 0.2) is 22.8 Å². The predicted octanol–water partition coefficient (Wildman–Crippen LogP) is 2.76. The lowest BCUT2D eigenvalue weighted by atomic mass is 9.94. The van der Waals surface area contributed by atoms with Gasteiger partial charge in [-0.25, -0.2) is 4.79 Å². The Morgan fingerprint density at radius 3 is 2.52 bits per heavy atom. The molecule has 27 heavy (non-hydrogen) atoms. The van der Waals surface area contributed by atoms with E-state index in [4.69, 9.17) is 9.15 Å². The molecule has 1 N–H and O–H groups in total. The Bertz CT molecular complexity index is 620. The highest BCUT2D eigenvalue weighted by Gasteiger charge is 2.29. The van der Waals surface area contributed by atoms with Crippen molar-refractivity contribution in [2.24, 2.45) is 5.92 Å². The number of rotatable bonds is 8. The molecular formula is C20H30N2O5. The highest BCUT2D eigenvalue weighted by molar-refractivity contribution is 5.94. The van der Waals surface area contributed by atoms with Gasteiger partial charge in [-0.3, -0.25) is 9.59 Å². The van der Waals surface area contributed by atoms with Crippen LogP contribution in [0.2, 0.25) is 0 Å². The zero-order valence-electron chi connectivity index (χ0n) is 16.4. The molecule has 0 spiro atoms. The van der Waals surface area contributed by atoms with E-state index in [0.29, 0.717) is 6.54 Å². The highest BCUT2D eigenvalue weighted by atomic mass is 16.5. The van der Waals surface area contributed by atoms with E-state index in [1.165, 1.54) is 18.8 Å². The lowest BCUT2D eigenvalue weighted by molar-refractivity contribution is -0.155. The number of furan rings is 1. The summed E-state index contributed by atoms with van der Waals surface area (Å²) in [5.41, 5.74) is 0. The fourth-order valence-corrected chi connectivity index (χ4v) is 3.45. The average molecular weight is 378 g/mol. The smallest absolute Gasteiger partial charge is 0.329 e. The summed E-state index contributed by atoms with van der Waals surface area (Å²) < 4.78 is 10.3. The zero-order chi connectivity index (χ0) is 19.8. The number of nitrogens with zero attached hydrogens (tertiary/aromatic N) is 1. The van der Waals surface area contributed by atoms with Crippen LogP contribution in [0.1, 0.15) is 63.4 Å². The van der Waals surface area contributed by atoms with Crippen LogP contribution < -0.4 is 5.32 Å². The summed E-state index contributed by atoms with van der Waals surface area (Å²) in [7, 11) is 0. The summed E-state index contributed by atoms with van der Waals surface area (Å²) in [6.45, 7) is 5.84. The van der Waals surface area contributed by atoms with Crippen molar-refractivity contribution in [3.05, 3.63) is 24.2 Å². The van der Waals surface area contributed by atoms with Crippen LogP contribution in [-0.4, -0.2) is 47.9 Å². The molecule has 7 heteroatoms. The van der Waals surface area contributed by atoms with E-state index in [1.807, 2.05) is 6.92 Å². The first-order valence-corrected chi connectivity index (χ1v) is 9.74. The van der Waals surface area contributed by atoms with Gasteiger partial charge in [0.05, 0.1) is 6.26 Å². The van der Waals surface area contributed by atoms with Gasteiger partial charge in [-0.1, -0.05) is 33.1 Å². The molecule has 2 amide bonds. The number of nitrogens with one attached hydrogen (secondary N) is 1. The largest absolute Gasteiger partial charge is 0.459 e. The maximum Gasteiger partial charge on any atom is 0.329 e. The third-order valence-electron chi connectivity index (χ3n) is 4.97. The number of esters is 1. The molecule has 1 atom stereocenters. The van der Waals surface area contributed by atoms with Gasteiger partial charge in [0.25, 0.3) is 11.8 Å². The first-order valence-electron chi connectivity index (χ1n) is 9.74. The Hall–Kier alpha value is -2.31. The lowest BCUT2D eigenvalue weighted by Gasteiger charge is -2.33. The van der Waals surface area contributed by atoms with Gasteiger partial charge in [0.2, 0.25) is 0 Å². The summed E-state index contributed by atoms with van der Waals surface area (Å²) in [4.78, 5) is 38.9. The molecule has 1 aromatic heterocycles. The monoisotopic (exact) mass is 378 g/mol. The zero-order valence-corrected chi connectivity index (χ0v) is 16.4. The number of amides is 2. The van der Waals surface area contributed by atoms with E-state index in [9.17, 15) is 14.4 Å². The molecule has 150 valence electrons. The Morgan fingerprint density at radius 2 is 1.96 bits per heavy atom. The molecule has 7 nitrogen and oxygen atoms in total. The number of likely N-dealkylation sites (N-methyl/N-ethyl adjacent to an activating group) is 1. The van der Waals surface area contributed by atoms with Crippen LogP contribution in [0.25, 0.3) is 0 Å². The van der Waals surface area contributed by atoms with E-state index < -0.39 is 17.9 Å². The van der Waals surface area contributed by atoms with Crippen LogP contribution >= 0.6 is 0 Å². The summed E-state index contributed by atoms with van der Waals surface area (Å²) in [6, 6.07) is 2.50. The first-order chi connectivity index (χ1) is 12.9. The fourth-order valence-electron chi connectivity index (χ4n) is 3.45. The van der Waals surface area contributed by atoms with Crippen LogP contribution in [0, 0.1) is 5.92 Å². The maximum atomic E-state index is 12.5. The van der Waals surface area contributed by atoms with Gasteiger partial charge >= 0.3 is 5.97 Å². The second kappa shape index (κ2) is 10.1. The van der Waals surface area contributed by atoms with Gasteiger partial charge < -0.3 is 19.4 Å². The second-order valence-electron chi connectivity index (χ2n) is 7.25. The molecule has 1 saturated carbocycles. The van der Waals surface area contributed by atoms with Gasteiger partial charge in [-0.05, 0) is 37.8 Å². The average Bonchev–Trinajstić information content (AvgIpc) is 3.20. The first kappa shape index (κ1) is 21.0. The Morgan fingerprint density at radius 1 is 1.26 bits per heavy atom. The number of carbonyl (C=O) groups is 3. The predicted molar refractivity (Wildman–Crippen MR) is 100 cm³/mol. The molecule has 1 aliphatic carbocycles. The topological polar surface area (TPSA) is 88.9 Å². The van der Waals surface area contributed by atoms with E-state index in [0.717, 1.165) is 25.7 Å². The normalized spacial score (nSPS) is 16.0. The molecule has 0 unspecified atom stereocenters. The molecular weight excluding hydrogens is 348 g/mol. The summed E-state index contributed by atoms with van der Waals surface area (Å²) in [6.07, 6.45) is 6.86. The molecule has 0 radical (unpaired) electrons. The van der Waals surface area contributed by atoms with Crippen molar-refractivity contribution in [3.63, 3.8) is 0 Å². The van der Waals surface area contributed by atoms with Crippen molar-refractivity contribution in [2.45, 2.75) is 65.0 Å². The summed E-state index contributed by atoms with van der Waals surface area (Å²) >= 11 is 0. The third kappa shape index (κ3) is 5.84. The Kier molecular flexibility index (Phi) is 7.88. The van der Waals surface area contributed by atoms with Gasteiger partial charge in [-0.15, -0.1) is 0 Å². The number of hydrogen-bond donors (Lipinski definition) is 1. The lowest BCUT2D eigenvalue weighted by Crippen LogP contribution is -2.47. The van der Waals surface area contributed by atoms with Crippen LogP contribution in [-0.2, 0) is 14.3 Å². The van der Waals surface area contributed by atoms with Crippen molar-refractivity contribution in [1.82, 2.24) is 10.2 Å². The van der Waals surface area contributed by atoms with Gasteiger partial charge in [0.1, 0.15) is 6.04 Å². The van der Waals surface area contributed by atoms with Gasteiger partial charge in [0.15, 0.2) is 12.4 Å². The maximum absolute atomic E-state index is 12.5. The van der Waals surface area contributed by atoms with Gasteiger partial charge in [-0.2, -0.15) is 0 Å². The number of ether oxygens (including phenoxy) is 1. The quantitative estimate of drug-likeness (QED) is 0.703. The Labute approximate surface area is 160 Å². The minimum atomic E-state index is -0.847. The number of carbonyl (C=O) groups excluding carboxylic acids is 3. The van der Waals surface area contributed by atoms with E-state index in [-0.39, 0.29) is 30.2 Å². The third-order valence-corrected chi connectivity index (χ3v) is 4.97. The van der Waals surface area contributed by atoms with Crippen LogP contribution in [0.4, 0.5) is 0 Å². The molecule has 1 heterocycles. The summed E-state index contributed by atoms with van der Waals surface area (Å²) in [5.74, 6) is -1.35. The fraction of sp³-hybridized carbons (Fsp3) is 0.650. The molecule has 1 aliphatic rings.